The Morgan fingerprint density at radius 1 is 1.85 bits per heavy atom. The molecule has 0 aromatic rings. The zero-order chi connectivity index (χ0) is 10.8. The molecule has 1 rings (SSSR count). The van der Waals surface area contributed by atoms with Crippen LogP contribution >= 0.6 is 7.60 Å². The van der Waals surface area contributed by atoms with E-state index in [9.17, 15) is 4.57 Å². The summed E-state index contributed by atoms with van der Waals surface area (Å²) in [6, 6.07) is -0.657. The van der Waals surface area contributed by atoms with Crippen LogP contribution in [0.25, 0.3) is 10.4 Å². The molecule has 8 heteroatoms. The van der Waals surface area contributed by atoms with Crippen molar-refractivity contribution in [3.05, 3.63) is 10.4 Å². The van der Waals surface area contributed by atoms with Gasteiger partial charge in [-0.25, -0.2) is 0 Å². The van der Waals surface area contributed by atoms with Gasteiger partial charge in [0.25, 0.3) is 0 Å². The van der Waals surface area contributed by atoms with Crippen LogP contribution in [-0.2, 0) is 9.30 Å². The maximum absolute atomic E-state index is 10.7. The number of ether oxygens (including phenoxy) is 1. The first-order valence-electron chi connectivity index (χ1n) is 4.16. The van der Waals surface area contributed by atoms with E-state index in [-0.39, 0.29) is 6.42 Å². The van der Waals surface area contributed by atoms with Crippen molar-refractivity contribution in [1.82, 2.24) is 0 Å². The molecule has 0 aromatic carbocycles. The number of rotatable bonds is 3. The van der Waals surface area contributed by atoms with Gasteiger partial charge in [-0.2, -0.15) is 0 Å². The van der Waals surface area contributed by atoms with Gasteiger partial charge in [-0.05, 0) is 12.0 Å². The van der Waals surface area contributed by atoms with E-state index in [0.717, 1.165) is 0 Å². The molecular formula is C5H10N3O4P. The molecule has 0 saturated carbocycles. The third-order valence-electron chi connectivity index (χ3n) is 1.66. The minimum absolute atomic E-state index is 0.175. The van der Waals surface area contributed by atoms with Crippen molar-refractivity contribution in [2.75, 3.05) is 12.7 Å². The normalized spacial score (nSPS) is 35.2. The predicted molar refractivity (Wildman–Crippen MR) is 44.2 cm³/mol. The van der Waals surface area contributed by atoms with E-state index in [4.69, 9.17) is 21.4 Å². The quantitative estimate of drug-likeness (QED) is 0.307. The van der Waals surface area contributed by atoms with Crippen LogP contribution in [0.5, 0.6) is 0 Å². The topological polar surface area (TPSA) is 116 Å². The van der Waals surface area contributed by atoms with Crippen LogP contribution in [0.4, 0.5) is 0 Å². The van der Waals surface area contributed by atoms with Crippen LogP contribution in [0.15, 0.2) is 5.11 Å². The lowest BCUT2D eigenvalue weighted by Gasteiger charge is -2.14. The lowest BCUT2D eigenvalue weighted by molar-refractivity contribution is 0.117. The summed E-state index contributed by atoms with van der Waals surface area (Å²) in [4.78, 5) is 19.9. The van der Waals surface area contributed by atoms with Crippen LogP contribution in [0, 0.1) is 0 Å². The summed E-state index contributed by atoms with van der Waals surface area (Å²) in [6.45, 7) is -0.873. The Balaban J connectivity index is 2.67. The van der Waals surface area contributed by atoms with E-state index in [2.05, 4.69) is 10.0 Å². The van der Waals surface area contributed by atoms with Gasteiger partial charge in [0.1, 0.15) is 0 Å². The van der Waals surface area contributed by atoms with E-state index in [1.165, 1.54) is 0 Å². The van der Waals surface area contributed by atoms with Crippen molar-refractivity contribution in [2.24, 2.45) is 5.11 Å². The Hall–Kier alpha value is -0.580. The summed E-state index contributed by atoms with van der Waals surface area (Å²) in [5.74, 6) is 0. The molecule has 0 bridgehead atoms. The minimum atomic E-state index is -4.19. The fourth-order valence-corrected chi connectivity index (χ4v) is 1.91. The van der Waals surface area contributed by atoms with Crippen LogP contribution < -0.4 is 0 Å². The second kappa shape index (κ2) is 4.09. The maximum atomic E-state index is 10.7. The van der Waals surface area contributed by atoms with Gasteiger partial charge in [0.2, 0.25) is 0 Å². The Bertz CT molecular complexity index is 301. The first-order valence-corrected chi connectivity index (χ1v) is 5.38. The first-order chi connectivity index (χ1) is 6.42. The zero-order valence-electron chi connectivity index (χ0n) is 7.65. The second-order valence-corrected chi connectivity index (χ2v) is 4.39. The van der Waals surface area contributed by atoms with Crippen molar-refractivity contribution in [3.63, 3.8) is 0 Å². The van der Waals surface area contributed by atoms with Crippen LogP contribution in [0.3, 0.4) is 0 Å². The van der Waals surface area contributed by atoms with Crippen LogP contribution in [-0.4, -0.2) is 34.7 Å². The van der Waals surface area contributed by atoms with Crippen LogP contribution in [0.2, 0.25) is 0 Å². The Labute approximate surface area is 75.9 Å². The van der Waals surface area contributed by atoms with Gasteiger partial charge in [0.15, 0.2) is 0 Å². The van der Waals surface area contributed by atoms with Gasteiger partial charge in [-0.1, -0.05) is 5.11 Å². The Morgan fingerprint density at radius 2 is 2.54 bits per heavy atom. The van der Waals surface area contributed by atoms with Gasteiger partial charge in [0, 0.05) is 11.5 Å². The predicted octanol–water partition coefficient (Wildman–Crippen LogP) is 0.632. The fourth-order valence-electron chi connectivity index (χ4n) is 1.11. The van der Waals surface area contributed by atoms with E-state index >= 15 is 0 Å². The summed E-state index contributed by atoms with van der Waals surface area (Å²) in [5.41, 5.74) is 8.18. The number of hydrogen-bond acceptors (Lipinski definition) is 3. The maximum Gasteiger partial charge on any atom is 0.328 e. The molecule has 1 saturated heterocycles. The average molecular weight is 209 g/mol. The summed E-state index contributed by atoms with van der Waals surface area (Å²) in [7, 11) is -4.19. The summed E-state index contributed by atoms with van der Waals surface area (Å²) in [6.07, 6.45) is -1.19. The molecular weight excluding hydrogens is 197 g/mol. The zero-order valence-corrected chi connectivity index (χ0v) is 7.54. The van der Waals surface area contributed by atoms with Crippen molar-refractivity contribution in [2.45, 2.75) is 18.6 Å². The second-order valence-electron chi connectivity index (χ2n) is 2.70. The third-order valence-corrected chi connectivity index (χ3v) is 2.49. The van der Waals surface area contributed by atoms with Crippen LogP contribution in [0.1, 0.15) is 7.79 Å². The van der Waals surface area contributed by atoms with E-state index in [1.54, 1.807) is 0 Å². The molecule has 0 aliphatic carbocycles. The molecule has 1 heterocycles. The summed E-state index contributed by atoms with van der Waals surface area (Å²) < 4.78 is 22.8. The van der Waals surface area contributed by atoms with E-state index in [1.807, 2.05) is 0 Å². The highest BCUT2D eigenvalue weighted by Gasteiger charge is 2.32. The smallest absolute Gasteiger partial charge is 0.328 e. The Kier molecular flexibility index (Phi) is 2.83. The average Bonchev–Trinajstić information content (AvgIpc) is 2.28. The van der Waals surface area contributed by atoms with Gasteiger partial charge in [0.05, 0.1) is 19.7 Å². The monoisotopic (exact) mass is 209 g/mol. The fraction of sp³-hybridized carbons (Fsp3) is 1.00. The lowest BCUT2D eigenvalue weighted by Crippen LogP contribution is -2.23. The molecule has 74 valence electrons. The molecule has 3 atom stereocenters. The summed E-state index contributed by atoms with van der Waals surface area (Å²) >= 11 is 0. The molecule has 2 N–H and O–H groups in total. The van der Waals surface area contributed by atoms with Gasteiger partial charge in [-0.3, -0.25) is 4.57 Å². The van der Waals surface area contributed by atoms with Crippen molar-refractivity contribution < 1.29 is 20.5 Å². The van der Waals surface area contributed by atoms with Crippen molar-refractivity contribution >= 4 is 7.60 Å². The molecule has 1 fully saturated rings. The number of nitrogens with zero attached hydrogens (tertiary/aromatic N) is 3. The largest absolute Gasteiger partial charge is 0.377 e. The molecule has 7 nitrogen and oxygen atoms in total. The standard InChI is InChI=1S/C5H10N3O4P/c6-8-7-4-1-2-12-5(4)3-13(9,10)11/h4-5H,1-3H2,(H2,9,10,11)/t4-,5-/m1/s1/i2T/t2-,4+,5+/m0. The number of azide groups is 1. The molecule has 0 unspecified atom stereocenters. The minimum Gasteiger partial charge on any atom is -0.377 e. The van der Waals surface area contributed by atoms with E-state index < -0.39 is 32.5 Å². The highest BCUT2D eigenvalue weighted by atomic mass is 31.2. The Morgan fingerprint density at radius 3 is 3.08 bits per heavy atom. The molecule has 0 spiro atoms. The van der Waals surface area contributed by atoms with Gasteiger partial charge in [-0.15, -0.1) is 0 Å². The molecule has 13 heavy (non-hydrogen) atoms. The van der Waals surface area contributed by atoms with E-state index in [0.29, 0.717) is 0 Å². The first kappa shape index (κ1) is 8.99. The molecule has 1 aliphatic heterocycles. The van der Waals surface area contributed by atoms with Crippen molar-refractivity contribution in [3.8, 4) is 0 Å². The molecule has 1 aliphatic rings. The van der Waals surface area contributed by atoms with Gasteiger partial charge >= 0.3 is 7.60 Å². The van der Waals surface area contributed by atoms with Gasteiger partial charge < -0.3 is 14.5 Å². The lowest BCUT2D eigenvalue weighted by atomic mass is 10.2. The number of hydrogen-bond donors (Lipinski definition) is 2. The summed E-state index contributed by atoms with van der Waals surface area (Å²) in [5, 5.41) is 3.33. The molecule has 0 aromatic heterocycles. The highest BCUT2D eigenvalue weighted by Crippen LogP contribution is 2.38. The molecule has 0 radical (unpaired) electrons. The molecule has 0 amide bonds. The SMILES string of the molecule is [3H][C@H]1C[C@@H](N=[N+]=[N-])[C@@H](CP(=O)(O)O)O1. The third kappa shape index (κ3) is 3.34. The van der Waals surface area contributed by atoms with Crippen molar-refractivity contribution in [1.29, 1.82) is 0 Å². The highest BCUT2D eigenvalue weighted by molar-refractivity contribution is 7.51.